The molecule has 1 heterocycles. The number of pyridine rings is 1. The molecule has 0 saturated heterocycles. The molecule has 0 aliphatic heterocycles. The number of rotatable bonds is 8. The van der Waals surface area contributed by atoms with Crippen LogP contribution in [0, 0.1) is 0 Å². The Morgan fingerprint density at radius 2 is 1.63 bits per heavy atom. The van der Waals surface area contributed by atoms with Crippen molar-refractivity contribution in [1.29, 1.82) is 0 Å². The molecule has 146 valence electrons. The molecule has 2 aromatic rings. The number of nitrogens with zero attached hydrogens (tertiary/aromatic N) is 2. The smallest absolute Gasteiger partial charge is 0.251 e. The zero-order valence-corrected chi connectivity index (χ0v) is 17.0. The van der Waals surface area contributed by atoms with Crippen molar-refractivity contribution >= 4 is 15.8 Å². The molecule has 0 aliphatic rings. The van der Waals surface area contributed by atoms with Gasteiger partial charge in [-0.2, -0.15) is 4.31 Å². The summed E-state index contributed by atoms with van der Waals surface area (Å²) >= 11 is 0. The lowest BCUT2D eigenvalue weighted by molar-refractivity contribution is 0.0970. The van der Waals surface area contributed by atoms with Crippen molar-refractivity contribution in [3.05, 3.63) is 64.1 Å². The van der Waals surface area contributed by atoms with Crippen LogP contribution in [-0.4, -0.2) is 36.2 Å². The highest BCUT2D eigenvalue weighted by Crippen LogP contribution is 2.16. The molecule has 0 amide bonds. The zero-order valence-electron chi connectivity index (χ0n) is 16.2. The second-order valence-electron chi connectivity index (χ2n) is 6.62. The van der Waals surface area contributed by atoms with Gasteiger partial charge in [0.05, 0.1) is 11.4 Å². The highest BCUT2D eigenvalue weighted by Gasteiger charge is 2.22. The topological polar surface area (TPSA) is 76.5 Å². The summed E-state index contributed by atoms with van der Waals surface area (Å²) in [6.07, 6.45) is 1.25. The first kappa shape index (κ1) is 21.1. The van der Waals surface area contributed by atoms with E-state index in [0.29, 0.717) is 24.6 Å². The van der Waals surface area contributed by atoms with E-state index in [-0.39, 0.29) is 17.2 Å². The van der Waals surface area contributed by atoms with Crippen LogP contribution in [0.3, 0.4) is 0 Å². The molecule has 0 unspecified atom stereocenters. The van der Waals surface area contributed by atoms with Gasteiger partial charge in [0.15, 0.2) is 5.78 Å². The lowest BCUT2D eigenvalue weighted by atomic mass is 10.0. The number of benzene rings is 1. The molecule has 0 fully saturated rings. The maximum Gasteiger partial charge on any atom is 0.251 e. The van der Waals surface area contributed by atoms with Gasteiger partial charge in [0.2, 0.25) is 10.0 Å². The van der Waals surface area contributed by atoms with Crippen LogP contribution < -0.4 is 5.56 Å². The van der Waals surface area contributed by atoms with Crippen LogP contribution in [0.15, 0.2) is 52.3 Å². The quantitative estimate of drug-likeness (QED) is 0.650. The average Bonchev–Trinajstić information content (AvgIpc) is 2.64. The van der Waals surface area contributed by atoms with Crippen LogP contribution in [0.5, 0.6) is 0 Å². The Balaban J connectivity index is 2.31. The molecule has 0 bridgehead atoms. The van der Waals surface area contributed by atoms with Crippen LogP contribution in [0.1, 0.15) is 49.5 Å². The first-order valence-corrected chi connectivity index (χ1v) is 10.5. The number of hydrogen-bond acceptors (Lipinski definition) is 4. The molecule has 1 aromatic carbocycles. The Morgan fingerprint density at radius 3 is 2.15 bits per heavy atom. The highest BCUT2D eigenvalue weighted by molar-refractivity contribution is 7.89. The van der Waals surface area contributed by atoms with Crippen molar-refractivity contribution in [3.63, 3.8) is 0 Å². The number of aromatic nitrogens is 1. The average molecular weight is 391 g/mol. The summed E-state index contributed by atoms with van der Waals surface area (Å²) in [6, 6.07) is 9.72. The van der Waals surface area contributed by atoms with Gasteiger partial charge >= 0.3 is 0 Å². The third kappa shape index (κ3) is 4.73. The van der Waals surface area contributed by atoms with Gasteiger partial charge in [0, 0.05) is 30.9 Å². The van der Waals surface area contributed by atoms with Crippen LogP contribution in [-0.2, 0) is 16.6 Å². The molecule has 0 spiro atoms. The van der Waals surface area contributed by atoms with Gasteiger partial charge in [0.25, 0.3) is 5.56 Å². The minimum absolute atomic E-state index is 0.00811. The summed E-state index contributed by atoms with van der Waals surface area (Å²) in [5.74, 6) is 0.114. The van der Waals surface area contributed by atoms with E-state index < -0.39 is 15.6 Å². The highest BCUT2D eigenvalue weighted by atomic mass is 32.2. The molecule has 0 saturated carbocycles. The van der Waals surface area contributed by atoms with Crippen LogP contribution in [0.25, 0.3) is 0 Å². The molecule has 1 aromatic heterocycles. The van der Waals surface area contributed by atoms with Crippen molar-refractivity contribution in [2.24, 2.45) is 0 Å². The van der Waals surface area contributed by atoms with Crippen molar-refractivity contribution in [1.82, 2.24) is 8.87 Å². The fraction of sp³-hybridized carbons (Fsp3) is 0.400. The first-order chi connectivity index (χ1) is 12.7. The van der Waals surface area contributed by atoms with Crippen molar-refractivity contribution in [2.45, 2.75) is 45.1 Å². The van der Waals surface area contributed by atoms with Gasteiger partial charge in [-0.1, -0.05) is 52.0 Å². The number of carbonyl (C=O) groups excluding carboxylic acids is 1. The van der Waals surface area contributed by atoms with E-state index in [1.54, 1.807) is 26.0 Å². The van der Waals surface area contributed by atoms with E-state index >= 15 is 0 Å². The van der Waals surface area contributed by atoms with E-state index in [4.69, 9.17) is 0 Å². The minimum Gasteiger partial charge on any atom is -0.306 e. The molecule has 0 radical (unpaired) electrons. The maximum absolute atomic E-state index is 12.6. The summed E-state index contributed by atoms with van der Waals surface area (Å²) in [4.78, 5) is 24.7. The summed E-state index contributed by atoms with van der Waals surface area (Å²) in [5, 5.41) is 0. The molecule has 0 N–H and O–H groups in total. The van der Waals surface area contributed by atoms with Crippen molar-refractivity contribution in [3.8, 4) is 0 Å². The lowest BCUT2D eigenvalue weighted by Crippen LogP contribution is -2.32. The van der Waals surface area contributed by atoms with Gasteiger partial charge in [-0.3, -0.25) is 9.59 Å². The zero-order chi connectivity index (χ0) is 20.2. The van der Waals surface area contributed by atoms with E-state index in [1.165, 1.54) is 22.6 Å². The number of hydrogen-bond donors (Lipinski definition) is 0. The third-order valence-corrected chi connectivity index (χ3v) is 6.55. The molecular formula is C20H26N2O4S. The second kappa shape index (κ2) is 8.63. The first-order valence-electron chi connectivity index (χ1n) is 9.04. The van der Waals surface area contributed by atoms with E-state index in [0.717, 1.165) is 10.1 Å². The number of Topliss-reactive ketones (excluding diaryl/α,β-unsaturated/α-hetero) is 1. The van der Waals surface area contributed by atoms with Crippen LogP contribution in [0.2, 0.25) is 0 Å². The molecule has 2 rings (SSSR count). The van der Waals surface area contributed by atoms with Gasteiger partial charge in [0.1, 0.15) is 0 Å². The summed E-state index contributed by atoms with van der Waals surface area (Å²) < 4.78 is 27.7. The fourth-order valence-electron chi connectivity index (χ4n) is 2.80. The number of ketones is 1. The number of carbonyl (C=O) groups is 1. The van der Waals surface area contributed by atoms with Gasteiger partial charge in [-0.15, -0.1) is 0 Å². The molecule has 0 atom stereocenters. The summed E-state index contributed by atoms with van der Waals surface area (Å²) in [5.41, 5.74) is 1.19. The maximum atomic E-state index is 12.6. The van der Waals surface area contributed by atoms with Crippen molar-refractivity contribution in [2.75, 3.05) is 13.1 Å². The van der Waals surface area contributed by atoms with E-state index in [1.807, 2.05) is 12.1 Å². The molecular weight excluding hydrogens is 364 g/mol. The van der Waals surface area contributed by atoms with Crippen LogP contribution >= 0.6 is 0 Å². The lowest BCUT2D eigenvalue weighted by Gasteiger charge is -2.19. The van der Waals surface area contributed by atoms with Crippen molar-refractivity contribution < 1.29 is 13.2 Å². The predicted octanol–water partition coefficient (Wildman–Crippen LogP) is 2.89. The number of sulfonamides is 1. The Bertz CT molecular complexity index is 956. The standard InChI is InChI=1S/C20H26N2O4S/c1-5-22(6-2)27(25,26)18-11-12-20(24)21(13-18)14-19(23)17-9-7-16(8-10-17)15(3)4/h7-13,15H,5-6,14H2,1-4H3. The van der Waals surface area contributed by atoms with E-state index in [9.17, 15) is 18.0 Å². The predicted molar refractivity (Wildman–Crippen MR) is 106 cm³/mol. The Kier molecular flexibility index (Phi) is 6.73. The minimum atomic E-state index is -3.69. The molecule has 27 heavy (non-hydrogen) atoms. The normalized spacial score (nSPS) is 11.9. The Hall–Kier alpha value is -2.25. The van der Waals surface area contributed by atoms with Gasteiger partial charge in [-0.05, 0) is 17.5 Å². The second-order valence-corrected chi connectivity index (χ2v) is 8.56. The Labute approximate surface area is 160 Å². The van der Waals surface area contributed by atoms with Gasteiger partial charge < -0.3 is 4.57 Å². The summed E-state index contributed by atoms with van der Waals surface area (Å²) in [7, 11) is -3.69. The largest absolute Gasteiger partial charge is 0.306 e. The Morgan fingerprint density at radius 1 is 1.04 bits per heavy atom. The molecule has 6 nitrogen and oxygen atoms in total. The third-order valence-electron chi connectivity index (χ3n) is 4.51. The fourth-order valence-corrected chi connectivity index (χ4v) is 4.28. The van der Waals surface area contributed by atoms with Gasteiger partial charge in [-0.25, -0.2) is 8.42 Å². The molecule has 7 heteroatoms. The summed E-state index contributed by atoms with van der Waals surface area (Å²) in [6.45, 7) is 8.10. The monoisotopic (exact) mass is 390 g/mol. The molecule has 0 aliphatic carbocycles. The van der Waals surface area contributed by atoms with E-state index in [2.05, 4.69) is 13.8 Å². The van der Waals surface area contributed by atoms with Crippen LogP contribution in [0.4, 0.5) is 0 Å². The SMILES string of the molecule is CCN(CC)S(=O)(=O)c1ccc(=O)n(CC(=O)c2ccc(C(C)C)cc2)c1.